The summed E-state index contributed by atoms with van der Waals surface area (Å²) in [6, 6.07) is 5.70. The number of ether oxygens (including phenoxy) is 1. The minimum atomic E-state index is -0.456. The maximum atomic E-state index is 10.6. The number of hydrogen-bond acceptors (Lipinski definition) is 4. The third kappa shape index (κ3) is 3.27. The fourth-order valence-corrected chi connectivity index (χ4v) is 2.19. The number of nitrogens with two attached hydrogens (primary N) is 2. The number of benzene rings is 1. The van der Waals surface area contributed by atoms with Gasteiger partial charge < -0.3 is 20.8 Å². The lowest BCUT2D eigenvalue weighted by molar-refractivity contribution is -0.122. The first kappa shape index (κ1) is 14.3. The predicted octanol–water partition coefficient (Wildman–Crippen LogP) is 1.07. The van der Waals surface area contributed by atoms with Gasteiger partial charge in [-0.25, -0.2) is 4.98 Å². The van der Waals surface area contributed by atoms with Gasteiger partial charge in [0.15, 0.2) is 0 Å². The van der Waals surface area contributed by atoms with Gasteiger partial charge in [-0.05, 0) is 24.6 Å². The van der Waals surface area contributed by atoms with Crippen LogP contribution in [0, 0.1) is 0 Å². The third-order valence-corrected chi connectivity index (χ3v) is 3.03. The highest BCUT2D eigenvalue weighted by atomic mass is 16.5. The standard InChI is InChI=1S/C14H20N4O2/c1-2-3-14-17-11-8-10(15)4-5-12(11)18(14)6-7-20-9-13(16)19/h4-5,8H,2-3,6-7,9,15H2,1H3,(H2,16,19). The molecule has 0 saturated carbocycles. The number of aryl methyl sites for hydroxylation is 1. The number of aromatic nitrogens is 2. The molecule has 0 fully saturated rings. The number of carbonyl (C=O) groups excluding carboxylic acids is 1. The summed E-state index contributed by atoms with van der Waals surface area (Å²) in [6.07, 6.45) is 1.91. The largest absolute Gasteiger partial charge is 0.399 e. The highest BCUT2D eigenvalue weighted by Crippen LogP contribution is 2.20. The molecule has 0 aliphatic carbocycles. The van der Waals surface area contributed by atoms with E-state index in [1.165, 1.54) is 0 Å². The van der Waals surface area contributed by atoms with Crippen LogP contribution in [0.25, 0.3) is 11.0 Å². The second-order valence-corrected chi connectivity index (χ2v) is 4.70. The Morgan fingerprint density at radius 2 is 2.25 bits per heavy atom. The second-order valence-electron chi connectivity index (χ2n) is 4.70. The van der Waals surface area contributed by atoms with Crippen LogP contribution in [0.2, 0.25) is 0 Å². The average Bonchev–Trinajstić information content (AvgIpc) is 2.72. The van der Waals surface area contributed by atoms with Gasteiger partial charge in [-0.15, -0.1) is 0 Å². The van der Waals surface area contributed by atoms with E-state index in [1.807, 2.05) is 18.2 Å². The lowest BCUT2D eigenvalue weighted by Gasteiger charge is -2.08. The van der Waals surface area contributed by atoms with Crippen molar-refractivity contribution in [3.8, 4) is 0 Å². The molecule has 1 aromatic heterocycles. The maximum absolute atomic E-state index is 10.6. The molecule has 0 saturated heterocycles. The van der Waals surface area contributed by atoms with Crippen LogP contribution in [-0.2, 0) is 22.5 Å². The van der Waals surface area contributed by atoms with Gasteiger partial charge in [0.25, 0.3) is 0 Å². The smallest absolute Gasteiger partial charge is 0.243 e. The summed E-state index contributed by atoms with van der Waals surface area (Å²) in [5.74, 6) is 0.554. The number of rotatable bonds is 7. The Morgan fingerprint density at radius 3 is 2.95 bits per heavy atom. The van der Waals surface area contributed by atoms with Crippen LogP contribution in [0.3, 0.4) is 0 Å². The van der Waals surface area contributed by atoms with Crippen LogP contribution in [-0.4, -0.2) is 28.7 Å². The number of nitrogens with zero attached hydrogens (tertiary/aromatic N) is 2. The fraction of sp³-hybridized carbons (Fsp3) is 0.429. The van der Waals surface area contributed by atoms with Crippen LogP contribution >= 0.6 is 0 Å². The van der Waals surface area contributed by atoms with Gasteiger partial charge in [0, 0.05) is 18.7 Å². The van der Waals surface area contributed by atoms with Crippen molar-refractivity contribution in [1.29, 1.82) is 0 Å². The Bertz CT molecular complexity index is 606. The van der Waals surface area contributed by atoms with Gasteiger partial charge in [-0.3, -0.25) is 4.79 Å². The molecule has 20 heavy (non-hydrogen) atoms. The van der Waals surface area contributed by atoms with E-state index in [0.29, 0.717) is 18.8 Å². The molecule has 6 heteroatoms. The number of nitrogen functional groups attached to an aromatic ring is 1. The Kier molecular flexibility index (Phi) is 4.57. The molecule has 1 amide bonds. The molecule has 0 unspecified atom stereocenters. The minimum Gasteiger partial charge on any atom is -0.399 e. The molecule has 1 aromatic carbocycles. The van der Waals surface area contributed by atoms with Gasteiger partial charge in [0.2, 0.25) is 5.91 Å². The van der Waals surface area contributed by atoms with E-state index >= 15 is 0 Å². The van der Waals surface area contributed by atoms with Crippen molar-refractivity contribution in [2.45, 2.75) is 26.3 Å². The number of primary amides is 1. The van der Waals surface area contributed by atoms with Gasteiger partial charge >= 0.3 is 0 Å². The van der Waals surface area contributed by atoms with Crippen molar-refractivity contribution >= 4 is 22.6 Å². The molecule has 108 valence electrons. The molecule has 0 spiro atoms. The summed E-state index contributed by atoms with van der Waals surface area (Å²) >= 11 is 0. The van der Waals surface area contributed by atoms with Crippen molar-refractivity contribution in [2.24, 2.45) is 5.73 Å². The summed E-state index contributed by atoms with van der Waals surface area (Å²) in [5.41, 5.74) is 13.5. The zero-order chi connectivity index (χ0) is 14.5. The van der Waals surface area contributed by atoms with E-state index in [2.05, 4.69) is 16.5 Å². The lowest BCUT2D eigenvalue weighted by Crippen LogP contribution is -2.20. The molecule has 4 N–H and O–H groups in total. The number of carbonyl (C=O) groups is 1. The highest BCUT2D eigenvalue weighted by molar-refractivity contribution is 5.79. The van der Waals surface area contributed by atoms with Gasteiger partial charge in [0.1, 0.15) is 12.4 Å². The number of imidazole rings is 1. The Hall–Kier alpha value is -2.08. The Balaban J connectivity index is 2.19. The molecule has 0 aliphatic heterocycles. The van der Waals surface area contributed by atoms with E-state index in [9.17, 15) is 4.79 Å². The molecule has 0 bridgehead atoms. The van der Waals surface area contributed by atoms with Crippen LogP contribution in [0.4, 0.5) is 5.69 Å². The van der Waals surface area contributed by atoms with Crippen molar-refractivity contribution in [1.82, 2.24) is 9.55 Å². The van der Waals surface area contributed by atoms with Crippen molar-refractivity contribution < 1.29 is 9.53 Å². The van der Waals surface area contributed by atoms with E-state index in [-0.39, 0.29) is 6.61 Å². The van der Waals surface area contributed by atoms with E-state index < -0.39 is 5.91 Å². The Labute approximate surface area is 117 Å². The summed E-state index contributed by atoms with van der Waals surface area (Å²) in [5, 5.41) is 0. The van der Waals surface area contributed by atoms with E-state index in [0.717, 1.165) is 29.7 Å². The third-order valence-electron chi connectivity index (χ3n) is 3.03. The van der Waals surface area contributed by atoms with Crippen molar-refractivity contribution in [3.05, 3.63) is 24.0 Å². The molecule has 0 atom stereocenters. The van der Waals surface area contributed by atoms with Crippen LogP contribution in [0.1, 0.15) is 19.2 Å². The maximum Gasteiger partial charge on any atom is 0.243 e. The number of hydrogen-bond donors (Lipinski definition) is 2. The number of anilines is 1. The lowest BCUT2D eigenvalue weighted by atomic mass is 10.3. The molecule has 0 radical (unpaired) electrons. The monoisotopic (exact) mass is 276 g/mol. The summed E-state index contributed by atoms with van der Waals surface area (Å²) in [4.78, 5) is 15.3. The average molecular weight is 276 g/mol. The van der Waals surface area contributed by atoms with E-state index in [1.54, 1.807) is 0 Å². The van der Waals surface area contributed by atoms with Gasteiger partial charge in [-0.1, -0.05) is 6.92 Å². The van der Waals surface area contributed by atoms with Crippen molar-refractivity contribution in [3.63, 3.8) is 0 Å². The molecular weight excluding hydrogens is 256 g/mol. The fourth-order valence-electron chi connectivity index (χ4n) is 2.19. The second kappa shape index (κ2) is 6.38. The zero-order valence-electron chi connectivity index (χ0n) is 11.6. The number of fused-ring (bicyclic) bond motifs is 1. The molecule has 2 rings (SSSR count). The summed E-state index contributed by atoms with van der Waals surface area (Å²) < 4.78 is 7.34. The predicted molar refractivity (Wildman–Crippen MR) is 78.2 cm³/mol. The first-order valence-corrected chi connectivity index (χ1v) is 6.72. The van der Waals surface area contributed by atoms with Crippen molar-refractivity contribution in [2.75, 3.05) is 18.9 Å². The quantitative estimate of drug-likeness (QED) is 0.584. The van der Waals surface area contributed by atoms with Crippen LogP contribution in [0.15, 0.2) is 18.2 Å². The first-order chi connectivity index (χ1) is 9.61. The molecule has 1 heterocycles. The molecule has 6 nitrogen and oxygen atoms in total. The topological polar surface area (TPSA) is 96.2 Å². The summed E-state index contributed by atoms with van der Waals surface area (Å²) in [7, 11) is 0. The van der Waals surface area contributed by atoms with Gasteiger partial charge in [-0.2, -0.15) is 0 Å². The van der Waals surface area contributed by atoms with Crippen LogP contribution < -0.4 is 11.5 Å². The Morgan fingerprint density at radius 1 is 1.45 bits per heavy atom. The zero-order valence-corrected chi connectivity index (χ0v) is 11.6. The summed E-state index contributed by atoms with van der Waals surface area (Å²) in [6.45, 7) is 3.13. The molecule has 0 aliphatic rings. The van der Waals surface area contributed by atoms with Crippen LogP contribution in [0.5, 0.6) is 0 Å². The minimum absolute atomic E-state index is 0.0529. The number of amides is 1. The molecular formula is C14H20N4O2. The SMILES string of the molecule is CCCc1nc2cc(N)ccc2n1CCOCC(N)=O. The molecule has 2 aromatic rings. The first-order valence-electron chi connectivity index (χ1n) is 6.72. The highest BCUT2D eigenvalue weighted by Gasteiger charge is 2.10. The normalized spacial score (nSPS) is 11.1. The van der Waals surface area contributed by atoms with Gasteiger partial charge in [0.05, 0.1) is 17.6 Å². The van der Waals surface area contributed by atoms with E-state index in [4.69, 9.17) is 16.2 Å².